The largest absolute Gasteiger partial charge is 0.368 e. The van der Waals surface area contributed by atoms with Crippen LogP contribution in [0.4, 0.5) is 0 Å². The molecular weight excluding hydrogens is 204 g/mol. The first-order chi connectivity index (χ1) is 7.66. The van der Waals surface area contributed by atoms with Crippen LogP contribution in [-0.2, 0) is 11.3 Å². The summed E-state index contributed by atoms with van der Waals surface area (Å²) in [6.07, 6.45) is 1.78. The van der Waals surface area contributed by atoms with E-state index in [0.29, 0.717) is 6.54 Å². The maximum atomic E-state index is 10.8. The average molecular weight is 218 g/mol. The predicted octanol–water partition coefficient (Wildman–Crippen LogP) is 0.526. The zero-order valence-corrected chi connectivity index (χ0v) is 9.03. The molecule has 1 atom stereocenters. The number of primary amides is 1. The third-order valence-electron chi connectivity index (χ3n) is 2.55. The lowest BCUT2D eigenvalue weighted by Crippen LogP contribution is -2.38. The third kappa shape index (κ3) is 2.20. The summed E-state index contributed by atoms with van der Waals surface area (Å²) in [7, 11) is 0. The van der Waals surface area contributed by atoms with Crippen LogP contribution in [0, 0.1) is 0 Å². The van der Waals surface area contributed by atoms with Crippen molar-refractivity contribution in [2.45, 2.75) is 19.5 Å². The molecule has 5 heteroatoms. The number of amides is 1. The number of nitrogens with one attached hydrogen (secondary N) is 2. The highest BCUT2D eigenvalue weighted by Gasteiger charge is 2.07. The fraction of sp³-hybridized carbons (Fsp3) is 0.273. The zero-order chi connectivity index (χ0) is 11.5. The molecule has 0 fully saturated rings. The Kier molecular flexibility index (Phi) is 2.87. The molecule has 4 N–H and O–H groups in total. The van der Waals surface area contributed by atoms with Crippen molar-refractivity contribution in [1.82, 2.24) is 15.5 Å². The Morgan fingerprint density at radius 3 is 3.19 bits per heavy atom. The van der Waals surface area contributed by atoms with Gasteiger partial charge in [0, 0.05) is 11.9 Å². The molecule has 1 heterocycles. The van der Waals surface area contributed by atoms with E-state index >= 15 is 0 Å². The summed E-state index contributed by atoms with van der Waals surface area (Å²) in [4.78, 5) is 10.8. The van der Waals surface area contributed by atoms with Crippen LogP contribution >= 0.6 is 0 Å². The number of nitrogens with two attached hydrogens (primary N) is 1. The summed E-state index contributed by atoms with van der Waals surface area (Å²) < 4.78 is 0. The van der Waals surface area contributed by atoms with Gasteiger partial charge in [-0.3, -0.25) is 9.89 Å². The third-order valence-corrected chi connectivity index (χ3v) is 2.55. The number of benzene rings is 1. The highest BCUT2D eigenvalue weighted by molar-refractivity contribution is 5.79. The van der Waals surface area contributed by atoms with Crippen molar-refractivity contribution in [3.8, 4) is 0 Å². The van der Waals surface area contributed by atoms with Gasteiger partial charge in [0.15, 0.2) is 0 Å². The van der Waals surface area contributed by atoms with Crippen molar-refractivity contribution in [3.63, 3.8) is 0 Å². The molecule has 2 aromatic rings. The summed E-state index contributed by atoms with van der Waals surface area (Å²) in [6, 6.07) is 5.67. The number of nitrogens with zero attached hydrogens (tertiary/aromatic N) is 1. The molecular formula is C11H14N4O. The maximum Gasteiger partial charge on any atom is 0.234 e. The van der Waals surface area contributed by atoms with Crippen molar-refractivity contribution < 1.29 is 4.79 Å². The van der Waals surface area contributed by atoms with Gasteiger partial charge in [-0.1, -0.05) is 12.1 Å². The summed E-state index contributed by atoms with van der Waals surface area (Å²) in [5.41, 5.74) is 7.24. The van der Waals surface area contributed by atoms with Gasteiger partial charge < -0.3 is 11.1 Å². The van der Waals surface area contributed by atoms with E-state index in [0.717, 1.165) is 16.5 Å². The molecule has 16 heavy (non-hydrogen) atoms. The normalized spacial score (nSPS) is 12.8. The topological polar surface area (TPSA) is 83.8 Å². The Balaban J connectivity index is 2.06. The van der Waals surface area contributed by atoms with Crippen LogP contribution in [0.25, 0.3) is 10.9 Å². The Bertz CT molecular complexity index is 505. The van der Waals surface area contributed by atoms with Crippen molar-refractivity contribution in [3.05, 3.63) is 30.0 Å². The summed E-state index contributed by atoms with van der Waals surface area (Å²) in [5.74, 6) is -0.345. The molecule has 0 radical (unpaired) electrons. The number of hydrogen-bond acceptors (Lipinski definition) is 3. The molecule has 84 valence electrons. The number of carbonyl (C=O) groups excluding carboxylic acids is 1. The van der Waals surface area contributed by atoms with Crippen LogP contribution in [0.5, 0.6) is 0 Å². The second-order valence-electron chi connectivity index (χ2n) is 3.80. The molecule has 0 saturated carbocycles. The van der Waals surface area contributed by atoms with Gasteiger partial charge in [0.2, 0.25) is 5.91 Å². The maximum absolute atomic E-state index is 10.8. The van der Waals surface area contributed by atoms with E-state index in [4.69, 9.17) is 5.73 Å². The molecule has 1 amide bonds. The minimum absolute atomic E-state index is 0.322. The zero-order valence-electron chi connectivity index (χ0n) is 9.03. The lowest BCUT2D eigenvalue weighted by molar-refractivity contribution is -0.119. The molecule has 1 aromatic carbocycles. The minimum atomic E-state index is -0.345. The second-order valence-corrected chi connectivity index (χ2v) is 3.80. The van der Waals surface area contributed by atoms with Gasteiger partial charge in [-0.05, 0) is 18.6 Å². The fourth-order valence-electron chi connectivity index (χ4n) is 1.47. The number of rotatable bonds is 4. The number of carbonyl (C=O) groups is 1. The molecule has 0 saturated heterocycles. The van der Waals surface area contributed by atoms with E-state index in [1.807, 2.05) is 18.2 Å². The lowest BCUT2D eigenvalue weighted by atomic mass is 10.1. The molecule has 0 bridgehead atoms. The smallest absolute Gasteiger partial charge is 0.234 e. The molecule has 1 aromatic heterocycles. The monoisotopic (exact) mass is 218 g/mol. The molecule has 0 spiro atoms. The summed E-state index contributed by atoms with van der Waals surface area (Å²) in [6.45, 7) is 2.36. The van der Waals surface area contributed by atoms with Gasteiger partial charge >= 0.3 is 0 Å². The SMILES string of the molecule is CC(NCc1ccc2cn[nH]c2c1)C(N)=O. The Hall–Kier alpha value is -1.88. The van der Waals surface area contributed by atoms with Crippen LogP contribution < -0.4 is 11.1 Å². The second kappa shape index (κ2) is 4.32. The van der Waals surface area contributed by atoms with Gasteiger partial charge in [-0.25, -0.2) is 0 Å². The Morgan fingerprint density at radius 2 is 2.44 bits per heavy atom. The van der Waals surface area contributed by atoms with E-state index in [2.05, 4.69) is 15.5 Å². The fourth-order valence-corrected chi connectivity index (χ4v) is 1.47. The van der Waals surface area contributed by atoms with Gasteiger partial charge in [-0.2, -0.15) is 5.10 Å². The Morgan fingerprint density at radius 1 is 1.62 bits per heavy atom. The van der Waals surface area contributed by atoms with E-state index < -0.39 is 0 Å². The van der Waals surface area contributed by atoms with E-state index in [1.54, 1.807) is 13.1 Å². The molecule has 5 nitrogen and oxygen atoms in total. The number of hydrogen-bond donors (Lipinski definition) is 3. The van der Waals surface area contributed by atoms with Crippen LogP contribution in [0.3, 0.4) is 0 Å². The summed E-state index contributed by atoms with van der Waals surface area (Å²) >= 11 is 0. The molecule has 0 aliphatic carbocycles. The average Bonchev–Trinajstić information content (AvgIpc) is 2.72. The Labute approximate surface area is 93.0 Å². The number of H-pyrrole nitrogens is 1. The van der Waals surface area contributed by atoms with E-state index in [1.165, 1.54) is 0 Å². The van der Waals surface area contributed by atoms with Crippen LogP contribution in [-0.4, -0.2) is 22.1 Å². The van der Waals surface area contributed by atoms with Crippen molar-refractivity contribution in [2.75, 3.05) is 0 Å². The van der Waals surface area contributed by atoms with Gasteiger partial charge in [-0.15, -0.1) is 0 Å². The molecule has 0 aliphatic heterocycles. The van der Waals surface area contributed by atoms with Gasteiger partial charge in [0.1, 0.15) is 0 Å². The predicted molar refractivity (Wildman–Crippen MR) is 61.6 cm³/mol. The van der Waals surface area contributed by atoms with Crippen molar-refractivity contribution in [1.29, 1.82) is 0 Å². The van der Waals surface area contributed by atoms with E-state index in [-0.39, 0.29) is 11.9 Å². The first-order valence-corrected chi connectivity index (χ1v) is 5.11. The molecule has 0 aliphatic rings. The minimum Gasteiger partial charge on any atom is -0.368 e. The number of aromatic amines is 1. The summed E-state index contributed by atoms with van der Waals surface area (Å²) in [5, 5.41) is 11.0. The first-order valence-electron chi connectivity index (χ1n) is 5.11. The van der Waals surface area contributed by atoms with Crippen molar-refractivity contribution >= 4 is 16.8 Å². The first kappa shape index (κ1) is 10.6. The highest BCUT2D eigenvalue weighted by atomic mass is 16.1. The number of fused-ring (bicyclic) bond motifs is 1. The quantitative estimate of drug-likeness (QED) is 0.699. The number of aromatic nitrogens is 2. The highest BCUT2D eigenvalue weighted by Crippen LogP contribution is 2.12. The van der Waals surface area contributed by atoms with Crippen LogP contribution in [0.1, 0.15) is 12.5 Å². The lowest BCUT2D eigenvalue weighted by Gasteiger charge is -2.09. The molecule has 1 unspecified atom stereocenters. The van der Waals surface area contributed by atoms with E-state index in [9.17, 15) is 4.79 Å². The van der Waals surface area contributed by atoms with Crippen molar-refractivity contribution in [2.24, 2.45) is 5.73 Å². The molecule has 2 rings (SSSR count). The van der Waals surface area contributed by atoms with Crippen LogP contribution in [0.15, 0.2) is 24.4 Å². The van der Waals surface area contributed by atoms with Gasteiger partial charge in [0.05, 0.1) is 17.8 Å². The van der Waals surface area contributed by atoms with Gasteiger partial charge in [0.25, 0.3) is 0 Å². The van der Waals surface area contributed by atoms with Crippen LogP contribution in [0.2, 0.25) is 0 Å². The standard InChI is InChI=1S/C11H14N4O/c1-7(11(12)16)13-5-8-2-3-9-6-14-15-10(9)4-8/h2-4,6-7,13H,5H2,1H3,(H2,12,16)(H,14,15).